The topological polar surface area (TPSA) is 101 Å². The lowest BCUT2D eigenvalue weighted by Gasteiger charge is -2.30. The fraction of sp³-hybridized carbons (Fsp3) is 0.440. The van der Waals surface area contributed by atoms with Crippen molar-refractivity contribution in [3.8, 4) is 5.75 Å². The van der Waals surface area contributed by atoms with Crippen molar-refractivity contribution in [2.24, 2.45) is 5.92 Å². The lowest BCUT2D eigenvalue weighted by atomic mass is 10.2. The molecular weight excluding hydrogens is 520 g/mol. The molecule has 3 aromatic rings. The average Bonchev–Trinajstić information content (AvgIpc) is 3.57. The second-order valence-electron chi connectivity index (χ2n) is 9.33. The van der Waals surface area contributed by atoms with Gasteiger partial charge in [0.1, 0.15) is 10.6 Å². The number of thiazole rings is 1. The molecule has 8 nitrogen and oxygen atoms in total. The smallest absolute Gasteiger partial charge is 0.339 e. The van der Waals surface area contributed by atoms with Crippen molar-refractivity contribution in [2.75, 3.05) is 23.7 Å². The highest BCUT2D eigenvalue weighted by molar-refractivity contribution is 7.87. The van der Waals surface area contributed by atoms with Crippen LogP contribution in [0.25, 0.3) is 10.2 Å². The van der Waals surface area contributed by atoms with Crippen LogP contribution in [-0.4, -0.2) is 49.4 Å². The number of benzene rings is 2. The first kappa shape index (κ1) is 28.2. The van der Waals surface area contributed by atoms with Gasteiger partial charge in [0.15, 0.2) is 5.13 Å². The summed E-state index contributed by atoms with van der Waals surface area (Å²) in [6.07, 6.45) is 1.83. The minimum Gasteiger partial charge on any atom is -0.384 e. The van der Waals surface area contributed by atoms with Gasteiger partial charge in [-0.15, -0.1) is 12.4 Å². The fourth-order valence-corrected chi connectivity index (χ4v) is 5.74. The Morgan fingerprint density at radius 3 is 2.39 bits per heavy atom. The number of rotatable bonds is 11. The average molecular weight is 553 g/mol. The van der Waals surface area contributed by atoms with E-state index < -0.39 is 10.1 Å². The number of hydrogen-bond acceptors (Lipinski definition) is 8. The largest absolute Gasteiger partial charge is 0.384 e. The number of amides is 1. The minimum absolute atomic E-state index is 0. The lowest BCUT2D eigenvalue weighted by Crippen LogP contribution is -2.40. The molecule has 1 saturated carbocycles. The third-order valence-corrected chi connectivity index (χ3v) is 8.11. The van der Waals surface area contributed by atoms with Gasteiger partial charge in [0.25, 0.3) is 0 Å². The fourth-order valence-electron chi connectivity index (χ4n) is 3.92. The van der Waals surface area contributed by atoms with Crippen LogP contribution in [0.2, 0.25) is 0 Å². The maximum absolute atomic E-state index is 12.8. The summed E-state index contributed by atoms with van der Waals surface area (Å²) in [5.74, 6) is 0.270. The van der Waals surface area contributed by atoms with Gasteiger partial charge in [-0.2, -0.15) is 8.42 Å². The summed E-state index contributed by atoms with van der Waals surface area (Å²) in [6.45, 7) is 10.4. The first-order chi connectivity index (χ1) is 16.6. The number of aromatic nitrogens is 1. The second-order valence-corrected chi connectivity index (χ2v) is 11.9. The Bertz CT molecular complexity index is 1280. The number of nitrogens with one attached hydrogen (secondary N) is 2. The van der Waals surface area contributed by atoms with Crippen LogP contribution in [0, 0.1) is 5.92 Å². The van der Waals surface area contributed by atoms with Crippen LogP contribution in [0.5, 0.6) is 5.75 Å². The Balaban J connectivity index is 0.00000361. The van der Waals surface area contributed by atoms with Crippen molar-refractivity contribution < 1.29 is 17.4 Å². The van der Waals surface area contributed by atoms with E-state index in [-0.39, 0.29) is 34.9 Å². The molecule has 1 aliphatic carbocycles. The number of hydrogen-bond donors (Lipinski definition) is 2. The Kier molecular flexibility index (Phi) is 9.21. The number of fused-ring (bicyclic) bond motifs is 1. The van der Waals surface area contributed by atoms with Crippen LogP contribution in [0.1, 0.15) is 40.5 Å². The van der Waals surface area contributed by atoms with Crippen LogP contribution >= 0.6 is 23.7 Å². The number of nitrogens with zero attached hydrogens (tertiary/aromatic N) is 2. The number of carbonyl (C=O) groups is 1. The van der Waals surface area contributed by atoms with Crippen molar-refractivity contribution in [2.45, 2.75) is 57.5 Å². The summed E-state index contributed by atoms with van der Waals surface area (Å²) in [4.78, 5) is 18.8. The van der Waals surface area contributed by atoms with Gasteiger partial charge in [0.05, 0.1) is 10.2 Å². The summed E-state index contributed by atoms with van der Waals surface area (Å²) >= 11 is 1.29. The molecule has 196 valence electrons. The molecule has 1 heterocycles. The zero-order chi connectivity index (χ0) is 25.2. The molecule has 0 spiro atoms. The predicted molar refractivity (Wildman–Crippen MR) is 148 cm³/mol. The third kappa shape index (κ3) is 7.09. The Morgan fingerprint density at radius 2 is 1.78 bits per heavy atom. The van der Waals surface area contributed by atoms with Crippen LogP contribution in [0.4, 0.5) is 10.8 Å². The molecule has 0 radical (unpaired) electrons. The van der Waals surface area contributed by atoms with Gasteiger partial charge in [-0.05, 0) is 76.9 Å². The van der Waals surface area contributed by atoms with Gasteiger partial charge in [-0.25, -0.2) is 4.98 Å². The summed E-state index contributed by atoms with van der Waals surface area (Å²) in [6, 6.07) is 12.4. The number of halogens is 1. The summed E-state index contributed by atoms with van der Waals surface area (Å²) in [5.41, 5.74) is 1.53. The zero-order valence-electron chi connectivity index (χ0n) is 20.9. The molecule has 1 aromatic heterocycles. The third-order valence-electron chi connectivity index (χ3n) is 5.91. The molecule has 0 aliphatic heterocycles. The van der Waals surface area contributed by atoms with Crippen molar-refractivity contribution >= 4 is 60.8 Å². The van der Waals surface area contributed by atoms with Gasteiger partial charge in [0, 0.05) is 42.8 Å². The van der Waals surface area contributed by atoms with Crippen molar-refractivity contribution in [1.82, 2.24) is 9.88 Å². The van der Waals surface area contributed by atoms with Crippen LogP contribution in [0.3, 0.4) is 0 Å². The van der Waals surface area contributed by atoms with Gasteiger partial charge >= 0.3 is 10.1 Å². The molecular formula is C25H33ClN4O4S2. The molecule has 0 atom stereocenters. The Morgan fingerprint density at radius 1 is 1.11 bits per heavy atom. The monoisotopic (exact) mass is 552 g/mol. The molecule has 11 heteroatoms. The van der Waals surface area contributed by atoms with Gasteiger partial charge in [-0.1, -0.05) is 11.3 Å². The Hall–Kier alpha value is -2.40. The van der Waals surface area contributed by atoms with Crippen molar-refractivity contribution in [1.29, 1.82) is 0 Å². The van der Waals surface area contributed by atoms with E-state index in [0.29, 0.717) is 22.7 Å². The first-order valence-corrected chi connectivity index (χ1v) is 14.1. The number of carbonyl (C=O) groups excluding carboxylic acids is 1. The molecule has 1 fully saturated rings. The highest BCUT2D eigenvalue weighted by Gasteiger charge is 2.30. The van der Waals surface area contributed by atoms with Crippen LogP contribution in [0.15, 0.2) is 47.4 Å². The molecule has 1 aliphatic rings. The van der Waals surface area contributed by atoms with Gasteiger partial charge in [-0.3, -0.25) is 9.69 Å². The van der Waals surface area contributed by atoms with Crippen molar-refractivity contribution in [3.05, 3.63) is 42.5 Å². The van der Waals surface area contributed by atoms with E-state index in [4.69, 9.17) is 4.18 Å². The van der Waals surface area contributed by atoms with Gasteiger partial charge in [0.2, 0.25) is 5.91 Å². The zero-order valence-corrected chi connectivity index (χ0v) is 23.3. The summed E-state index contributed by atoms with van der Waals surface area (Å²) in [7, 11) is -3.99. The first-order valence-electron chi connectivity index (χ1n) is 11.9. The molecule has 0 unspecified atom stereocenters. The lowest BCUT2D eigenvalue weighted by molar-refractivity contribution is -0.117. The minimum atomic E-state index is -3.99. The maximum Gasteiger partial charge on any atom is 0.339 e. The van der Waals surface area contributed by atoms with E-state index in [0.717, 1.165) is 36.3 Å². The van der Waals surface area contributed by atoms with Crippen LogP contribution in [-0.2, 0) is 14.9 Å². The molecule has 2 aromatic carbocycles. The molecule has 4 rings (SSSR count). The van der Waals surface area contributed by atoms with Gasteiger partial charge < -0.3 is 14.8 Å². The molecule has 2 N–H and O–H groups in total. The van der Waals surface area contributed by atoms with Crippen molar-refractivity contribution in [3.63, 3.8) is 0 Å². The quantitative estimate of drug-likeness (QED) is 0.309. The highest BCUT2D eigenvalue weighted by atomic mass is 35.5. The summed E-state index contributed by atoms with van der Waals surface area (Å²) < 4.78 is 31.7. The molecule has 1 amide bonds. The van der Waals surface area contributed by atoms with E-state index >= 15 is 0 Å². The summed E-state index contributed by atoms with van der Waals surface area (Å²) in [5, 5.41) is 6.68. The SMILES string of the molecule is CC(C)N(CCNc1ccc(S(=O)(=O)Oc2ccc3nc(NC(=O)C4CC4)sc3c2)cc1)C(C)C.Cl. The van der Waals surface area contributed by atoms with E-state index in [1.165, 1.54) is 23.5 Å². The Labute approximate surface area is 223 Å². The standard InChI is InChI=1S/C25H32N4O4S2.ClH/c1-16(2)29(17(3)4)14-13-26-19-7-10-21(11-8-19)35(31,32)33-20-9-12-22-23(15-20)34-25(27-22)28-24(30)18-5-6-18;/h7-12,15-18,26H,5-6,13-14H2,1-4H3,(H,27,28,30);1H. The van der Waals surface area contributed by atoms with E-state index in [9.17, 15) is 13.2 Å². The van der Waals surface area contributed by atoms with E-state index in [2.05, 4.69) is 48.2 Å². The second kappa shape index (κ2) is 11.8. The van der Waals surface area contributed by atoms with E-state index in [1.54, 1.807) is 30.3 Å². The molecule has 0 saturated heterocycles. The maximum atomic E-state index is 12.8. The number of anilines is 2. The molecule has 0 bridgehead atoms. The highest BCUT2D eigenvalue weighted by Crippen LogP contribution is 2.33. The van der Waals surface area contributed by atoms with Crippen LogP contribution < -0.4 is 14.8 Å². The van der Waals surface area contributed by atoms with E-state index in [1.807, 2.05) is 0 Å². The normalized spacial score (nSPS) is 13.8. The molecule has 36 heavy (non-hydrogen) atoms. The predicted octanol–water partition coefficient (Wildman–Crippen LogP) is 5.37.